The summed E-state index contributed by atoms with van der Waals surface area (Å²) in [4.78, 5) is 10.6. The molecule has 1 rings (SSSR count). The molecule has 0 bridgehead atoms. The lowest BCUT2D eigenvalue weighted by molar-refractivity contribution is -0.131. The van der Waals surface area contributed by atoms with Crippen molar-refractivity contribution in [1.29, 1.82) is 5.26 Å². The van der Waals surface area contributed by atoms with E-state index < -0.39 is 11.4 Å². The lowest BCUT2D eigenvalue weighted by Gasteiger charge is -2.16. The van der Waals surface area contributed by atoms with Crippen LogP contribution in [0, 0.1) is 16.7 Å². The Kier molecular flexibility index (Phi) is 5.60. The fourth-order valence-electron chi connectivity index (χ4n) is 1.43. The summed E-state index contributed by atoms with van der Waals surface area (Å²) in [5.41, 5.74) is 0.0571. The molecule has 0 aliphatic heterocycles. The average molecular weight is 294 g/mol. The Labute approximate surface area is 123 Å². The SMILES string of the molecule is CC(C)(C#N)CCOc1cccc(Cl)c1/C=C/C(=O)O. The highest BCUT2D eigenvalue weighted by atomic mass is 35.5. The Bertz CT molecular complexity index is 559. The molecular formula is C15H16ClNO3. The minimum atomic E-state index is -1.05. The quantitative estimate of drug-likeness (QED) is 0.811. The van der Waals surface area contributed by atoms with Crippen molar-refractivity contribution < 1.29 is 14.6 Å². The van der Waals surface area contributed by atoms with Gasteiger partial charge in [-0.3, -0.25) is 0 Å². The van der Waals surface area contributed by atoms with Gasteiger partial charge in [0.2, 0.25) is 0 Å². The van der Waals surface area contributed by atoms with Gasteiger partial charge in [-0.25, -0.2) is 4.79 Å². The fraction of sp³-hybridized carbons (Fsp3) is 0.333. The third kappa shape index (κ3) is 4.94. The molecule has 0 spiro atoms. The smallest absolute Gasteiger partial charge is 0.328 e. The zero-order valence-electron chi connectivity index (χ0n) is 11.4. The number of benzene rings is 1. The minimum absolute atomic E-state index is 0.356. The molecule has 106 valence electrons. The van der Waals surface area contributed by atoms with Crippen molar-refractivity contribution in [2.24, 2.45) is 5.41 Å². The second kappa shape index (κ2) is 6.97. The molecule has 0 radical (unpaired) electrons. The maximum absolute atomic E-state index is 10.6. The van der Waals surface area contributed by atoms with E-state index in [-0.39, 0.29) is 0 Å². The molecule has 0 aliphatic carbocycles. The van der Waals surface area contributed by atoms with Crippen LogP contribution in [-0.4, -0.2) is 17.7 Å². The van der Waals surface area contributed by atoms with Crippen LogP contribution in [0.3, 0.4) is 0 Å². The number of carboxylic acid groups (broad SMARTS) is 1. The Balaban J connectivity index is 2.83. The highest BCUT2D eigenvalue weighted by molar-refractivity contribution is 6.32. The van der Waals surface area contributed by atoms with Crippen molar-refractivity contribution in [3.05, 3.63) is 34.9 Å². The van der Waals surface area contributed by atoms with Crippen molar-refractivity contribution in [1.82, 2.24) is 0 Å². The Hall–Kier alpha value is -1.99. The molecule has 0 aromatic heterocycles. The van der Waals surface area contributed by atoms with E-state index in [0.717, 1.165) is 6.08 Å². The summed E-state index contributed by atoms with van der Waals surface area (Å²) in [5, 5.41) is 18.0. The molecule has 0 unspecified atom stereocenters. The van der Waals surface area contributed by atoms with Crippen molar-refractivity contribution in [2.45, 2.75) is 20.3 Å². The summed E-state index contributed by atoms with van der Waals surface area (Å²) in [7, 11) is 0. The predicted molar refractivity (Wildman–Crippen MR) is 77.6 cm³/mol. The zero-order chi connectivity index (χ0) is 15.2. The van der Waals surface area contributed by atoms with Gasteiger partial charge in [-0.1, -0.05) is 17.7 Å². The summed E-state index contributed by atoms with van der Waals surface area (Å²) < 4.78 is 5.61. The maximum Gasteiger partial charge on any atom is 0.328 e. The Morgan fingerprint density at radius 2 is 2.25 bits per heavy atom. The van der Waals surface area contributed by atoms with Crippen LogP contribution in [-0.2, 0) is 4.79 Å². The standard InChI is InChI=1S/C15H16ClNO3/c1-15(2,10-17)8-9-20-13-5-3-4-12(16)11(13)6-7-14(18)19/h3-7H,8-9H2,1-2H3,(H,18,19)/b7-6+. The van der Waals surface area contributed by atoms with E-state index >= 15 is 0 Å². The number of nitrogens with zero attached hydrogens (tertiary/aromatic N) is 1. The molecular weight excluding hydrogens is 278 g/mol. The lowest BCUT2D eigenvalue weighted by Crippen LogP contribution is -2.13. The Morgan fingerprint density at radius 3 is 2.85 bits per heavy atom. The van der Waals surface area contributed by atoms with Gasteiger partial charge in [-0.2, -0.15) is 5.26 Å². The number of ether oxygens (including phenoxy) is 1. The van der Waals surface area contributed by atoms with E-state index in [1.807, 2.05) is 13.8 Å². The summed E-state index contributed by atoms with van der Waals surface area (Å²) >= 11 is 6.03. The highest BCUT2D eigenvalue weighted by Crippen LogP contribution is 2.28. The first-order valence-corrected chi connectivity index (χ1v) is 6.47. The predicted octanol–water partition coefficient (Wildman–Crippen LogP) is 3.76. The summed E-state index contributed by atoms with van der Waals surface area (Å²) in [6, 6.07) is 7.30. The van der Waals surface area contributed by atoms with Crippen molar-refractivity contribution in [3.8, 4) is 11.8 Å². The van der Waals surface area contributed by atoms with Gasteiger partial charge in [0, 0.05) is 11.6 Å². The van der Waals surface area contributed by atoms with Gasteiger partial charge in [0.25, 0.3) is 0 Å². The van der Waals surface area contributed by atoms with Crippen molar-refractivity contribution >= 4 is 23.6 Å². The molecule has 0 fully saturated rings. The second-order valence-corrected chi connectivity index (χ2v) is 5.32. The van der Waals surface area contributed by atoms with Crippen molar-refractivity contribution in [3.63, 3.8) is 0 Å². The van der Waals surface area contributed by atoms with E-state index in [9.17, 15) is 4.79 Å². The highest BCUT2D eigenvalue weighted by Gasteiger charge is 2.16. The topological polar surface area (TPSA) is 70.3 Å². The summed E-state index contributed by atoms with van der Waals surface area (Å²) in [5.74, 6) is -0.551. The molecule has 20 heavy (non-hydrogen) atoms. The van der Waals surface area contributed by atoms with Crippen LogP contribution >= 0.6 is 11.6 Å². The van der Waals surface area contributed by atoms with E-state index in [0.29, 0.717) is 29.4 Å². The van der Waals surface area contributed by atoms with Crippen LogP contribution in [0.25, 0.3) is 6.08 Å². The first-order valence-electron chi connectivity index (χ1n) is 6.09. The van der Waals surface area contributed by atoms with E-state index in [2.05, 4.69) is 6.07 Å². The van der Waals surface area contributed by atoms with Gasteiger partial charge in [0.15, 0.2) is 0 Å². The summed E-state index contributed by atoms with van der Waals surface area (Å²) in [6.45, 7) is 4.02. The molecule has 1 aromatic rings. The third-order valence-corrected chi connectivity index (χ3v) is 3.02. The first kappa shape index (κ1) is 16.1. The van der Waals surface area contributed by atoms with Gasteiger partial charge in [-0.15, -0.1) is 0 Å². The number of nitriles is 1. The number of halogens is 1. The van der Waals surface area contributed by atoms with Crippen LogP contribution in [0.2, 0.25) is 5.02 Å². The molecule has 1 N–H and O–H groups in total. The van der Waals surface area contributed by atoms with Gasteiger partial charge in [0.05, 0.1) is 23.1 Å². The molecule has 0 saturated heterocycles. The monoisotopic (exact) mass is 293 g/mol. The minimum Gasteiger partial charge on any atom is -0.493 e. The maximum atomic E-state index is 10.6. The van der Waals surface area contributed by atoms with Crippen LogP contribution in [0.4, 0.5) is 0 Å². The van der Waals surface area contributed by atoms with E-state index in [4.69, 9.17) is 26.7 Å². The number of carboxylic acids is 1. The van der Waals surface area contributed by atoms with Crippen LogP contribution in [0.1, 0.15) is 25.8 Å². The number of aliphatic carboxylic acids is 1. The zero-order valence-corrected chi connectivity index (χ0v) is 12.1. The van der Waals surface area contributed by atoms with Crippen LogP contribution in [0.5, 0.6) is 5.75 Å². The fourth-order valence-corrected chi connectivity index (χ4v) is 1.66. The number of carbonyl (C=O) groups is 1. The van der Waals surface area contributed by atoms with E-state index in [1.165, 1.54) is 6.08 Å². The summed E-state index contributed by atoms with van der Waals surface area (Å²) in [6.07, 6.45) is 2.97. The Morgan fingerprint density at radius 1 is 1.55 bits per heavy atom. The molecule has 0 amide bonds. The van der Waals surface area contributed by atoms with Crippen LogP contribution < -0.4 is 4.74 Å². The van der Waals surface area contributed by atoms with E-state index in [1.54, 1.807) is 18.2 Å². The van der Waals surface area contributed by atoms with Crippen molar-refractivity contribution in [2.75, 3.05) is 6.61 Å². The number of hydrogen-bond donors (Lipinski definition) is 1. The third-order valence-electron chi connectivity index (χ3n) is 2.69. The second-order valence-electron chi connectivity index (χ2n) is 4.92. The first-order chi connectivity index (χ1) is 9.35. The van der Waals surface area contributed by atoms with Gasteiger partial charge in [-0.05, 0) is 38.5 Å². The van der Waals surface area contributed by atoms with Gasteiger partial charge < -0.3 is 9.84 Å². The molecule has 1 aromatic carbocycles. The average Bonchev–Trinajstić information content (AvgIpc) is 2.37. The normalized spacial score (nSPS) is 11.3. The number of rotatable bonds is 6. The van der Waals surface area contributed by atoms with Gasteiger partial charge >= 0.3 is 5.97 Å². The molecule has 5 heteroatoms. The molecule has 0 atom stereocenters. The molecule has 0 heterocycles. The molecule has 0 aliphatic rings. The van der Waals surface area contributed by atoms with Crippen LogP contribution in [0.15, 0.2) is 24.3 Å². The van der Waals surface area contributed by atoms with Gasteiger partial charge in [0.1, 0.15) is 5.75 Å². The largest absolute Gasteiger partial charge is 0.493 e. The molecule has 4 nitrogen and oxygen atoms in total. The molecule has 0 saturated carbocycles. The lowest BCUT2D eigenvalue weighted by atomic mass is 9.92. The number of hydrogen-bond acceptors (Lipinski definition) is 3.